The second-order valence-corrected chi connectivity index (χ2v) is 3.22. The van der Waals surface area contributed by atoms with Gasteiger partial charge in [0.05, 0.1) is 17.4 Å². The maximum absolute atomic E-state index is 5.48. The molecule has 0 amide bonds. The molecule has 0 saturated heterocycles. The molecule has 3 aromatic rings. The fraction of sp³-hybridized carbons (Fsp3) is 0. The van der Waals surface area contributed by atoms with Crippen LogP contribution in [0.4, 0.5) is 5.88 Å². The number of aromatic nitrogens is 3. The van der Waals surface area contributed by atoms with Crippen LogP contribution in [-0.4, -0.2) is 15.1 Å². The molecule has 2 aromatic heterocycles. The molecule has 1 aromatic carbocycles. The first-order valence-corrected chi connectivity index (χ1v) is 4.49. The number of nitrogen functional groups attached to an aromatic ring is 1. The summed E-state index contributed by atoms with van der Waals surface area (Å²) in [6.07, 6.45) is 1.65. The third-order valence-corrected chi connectivity index (χ3v) is 2.25. The lowest BCUT2D eigenvalue weighted by molar-refractivity contribution is 0.439. The fourth-order valence-electron chi connectivity index (χ4n) is 1.59. The zero-order chi connectivity index (χ0) is 10.3. The third kappa shape index (κ3) is 1.17. The Hall–Kier alpha value is -2.30. The number of aromatic amines is 1. The second kappa shape index (κ2) is 2.84. The maximum atomic E-state index is 5.48. The molecule has 0 unspecified atom stereocenters. The van der Waals surface area contributed by atoms with Gasteiger partial charge in [0.2, 0.25) is 5.88 Å². The van der Waals surface area contributed by atoms with Crippen LogP contribution in [0.5, 0.6) is 0 Å². The zero-order valence-electron chi connectivity index (χ0n) is 7.77. The SMILES string of the molecule is Nc1cc(-c2cccc3[nH]cnc23)no1. The van der Waals surface area contributed by atoms with E-state index in [1.807, 2.05) is 18.2 Å². The lowest BCUT2D eigenvalue weighted by Gasteiger charge is -1.95. The molecule has 0 aliphatic heterocycles. The molecule has 5 heteroatoms. The Kier molecular flexibility index (Phi) is 1.53. The molecule has 0 radical (unpaired) electrons. The molecule has 5 nitrogen and oxygen atoms in total. The molecule has 0 aliphatic rings. The van der Waals surface area contributed by atoms with E-state index in [1.165, 1.54) is 0 Å². The van der Waals surface area contributed by atoms with E-state index < -0.39 is 0 Å². The summed E-state index contributed by atoms with van der Waals surface area (Å²) >= 11 is 0. The van der Waals surface area contributed by atoms with Crippen molar-refractivity contribution in [2.75, 3.05) is 5.73 Å². The van der Waals surface area contributed by atoms with Crippen molar-refractivity contribution in [2.24, 2.45) is 0 Å². The average molecular weight is 200 g/mol. The first kappa shape index (κ1) is 8.05. The quantitative estimate of drug-likeness (QED) is 0.627. The average Bonchev–Trinajstić information content (AvgIpc) is 2.84. The highest BCUT2D eigenvalue weighted by Crippen LogP contribution is 2.26. The van der Waals surface area contributed by atoms with E-state index in [2.05, 4.69) is 15.1 Å². The molecular weight excluding hydrogens is 192 g/mol. The van der Waals surface area contributed by atoms with Crippen LogP contribution in [0, 0.1) is 0 Å². The van der Waals surface area contributed by atoms with E-state index >= 15 is 0 Å². The van der Waals surface area contributed by atoms with Gasteiger partial charge >= 0.3 is 0 Å². The van der Waals surface area contributed by atoms with Gasteiger partial charge in [-0.25, -0.2) is 4.98 Å². The van der Waals surface area contributed by atoms with Crippen LogP contribution in [0.2, 0.25) is 0 Å². The summed E-state index contributed by atoms with van der Waals surface area (Å²) in [6.45, 7) is 0. The van der Waals surface area contributed by atoms with Gasteiger partial charge < -0.3 is 15.2 Å². The van der Waals surface area contributed by atoms with Crippen LogP contribution in [0.3, 0.4) is 0 Å². The zero-order valence-corrected chi connectivity index (χ0v) is 7.77. The molecule has 0 fully saturated rings. The van der Waals surface area contributed by atoms with E-state index in [0.717, 1.165) is 16.6 Å². The van der Waals surface area contributed by atoms with E-state index in [0.29, 0.717) is 11.6 Å². The van der Waals surface area contributed by atoms with Crippen molar-refractivity contribution in [3.05, 3.63) is 30.6 Å². The van der Waals surface area contributed by atoms with Crippen molar-refractivity contribution in [1.29, 1.82) is 0 Å². The molecule has 15 heavy (non-hydrogen) atoms. The molecular formula is C10H8N4O. The number of fused-ring (bicyclic) bond motifs is 1. The molecule has 0 saturated carbocycles. The Labute approximate surface area is 84.9 Å². The number of para-hydroxylation sites is 1. The molecule has 0 spiro atoms. The van der Waals surface area contributed by atoms with Crippen molar-refractivity contribution >= 4 is 16.9 Å². The van der Waals surface area contributed by atoms with Crippen LogP contribution in [-0.2, 0) is 0 Å². The number of hydrogen-bond donors (Lipinski definition) is 2. The van der Waals surface area contributed by atoms with Crippen LogP contribution in [0.25, 0.3) is 22.3 Å². The Morgan fingerprint density at radius 1 is 1.33 bits per heavy atom. The number of hydrogen-bond acceptors (Lipinski definition) is 4. The van der Waals surface area contributed by atoms with Crippen LogP contribution in [0.1, 0.15) is 0 Å². The Morgan fingerprint density at radius 2 is 2.27 bits per heavy atom. The van der Waals surface area contributed by atoms with Crippen molar-refractivity contribution in [3.8, 4) is 11.3 Å². The van der Waals surface area contributed by atoms with Gasteiger partial charge in [-0.1, -0.05) is 17.3 Å². The summed E-state index contributed by atoms with van der Waals surface area (Å²) in [7, 11) is 0. The minimum Gasteiger partial charge on any atom is -0.368 e. The first-order chi connectivity index (χ1) is 7.34. The molecule has 0 aliphatic carbocycles. The van der Waals surface area contributed by atoms with E-state index in [4.69, 9.17) is 10.3 Å². The van der Waals surface area contributed by atoms with Gasteiger partial charge in [0.25, 0.3) is 0 Å². The van der Waals surface area contributed by atoms with Crippen molar-refractivity contribution in [1.82, 2.24) is 15.1 Å². The number of nitrogens with one attached hydrogen (secondary N) is 1. The van der Waals surface area contributed by atoms with Gasteiger partial charge in [-0.05, 0) is 6.07 Å². The van der Waals surface area contributed by atoms with Gasteiger partial charge in [-0.3, -0.25) is 0 Å². The number of benzene rings is 1. The van der Waals surface area contributed by atoms with Gasteiger partial charge in [0.15, 0.2) is 0 Å². The largest absolute Gasteiger partial charge is 0.368 e. The minimum atomic E-state index is 0.303. The molecule has 2 heterocycles. The summed E-state index contributed by atoms with van der Waals surface area (Å²) in [4.78, 5) is 7.26. The monoisotopic (exact) mass is 200 g/mol. The highest BCUT2D eigenvalue weighted by atomic mass is 16.5. The Morgan fingerprint density at radius 3 is 3.07 bits per heavy atom. The summed E-state index contributed by atoms with van der Waals surface area (Å²) in [6, 6.07) is 7.50. The van der Waals surface area contributed by atoms with Gasteiger partial charge in [0, 0.05) is 11.6 Å². The normalized spacial score (nSPS) is 10.9. The predicted octanol–water partition coefficient (Wildman–Crippen LogP) is 1.80. The van der Waals surface area contributed by atoms with Crippen LogP contribution in [0.15, 0.2) is 35.1 Å². The molecule has 74 valence electrons. The first-order valence-electron chi connectivity index (χ1n) is 4.49. The lowest BCUT2D eigenvalue weighted by Crippen LogP contribution is -1.80. The summed E-state index contributed by atoms with van der Waals surface area (Å²) in [5.74, 6) is 0.303. The van der Waals surface area contributed by atoms with Gasteiger partial charge in [-0.15, -0.1) is 0 Å². The Bertz CT molecular complexity index is 610. The van der Waals surface area contributed by atoms with Crippen LogP contribution >= 0.6 is 0 Å². The predicted molar refractivity (Wildman–Crippen MR) is 56.0 cm³/mol. The van der Waals surface area contributed by atoms with E-state index in [-0.39, 0.29) is 0 Å². The smallest absolute Gasteiger partial charge is 0.222 e. The minimum absolute atomic E-state index is 0.303. The topological polar surface area (TPSA) is 80.7 Å². The maximum Gasteiger partial charge on any atom is 0.222 e. The molecule has 3 rings (SSSR count). The van der Waals surface area contributed by atoms with Crippen LogP contribution < -0.4 is 5.73 Å². The number of rotatable bonds is 1. The van der Waals surface area contributed by atoms with Gasteiger partial charge in [-0.2, -0.15) is 0 Å². The standard InChI is InChI=1S/C10H8N4O/c11-9-4-8(14-15-9)6-2-1-3-7-10(6)13-5-12-7/h1-5H,11H2,(H,12,13). The number of imidazole rings is 1. The number of H-pyrrole nitrogens is 1. The van der Waals surface area contributed by atoms with Crippen molar-refractivity contribution in [3.63, 3.8) is 0 Å². The lowest BCUT2D eigenvalue weighted by atomic mass is 10.1. The molecule has 0 atom stereocenters. The van der Waals surface area contributed by atoms with Gasteiger partial charge in [0.1, 0.15) is 5.69 Å². The Balaban J connectivity index is 2.30. The molecule has 3 N–H and O–H groups in total. The second-order valence-electron chi connectivity index (χ2n) is 3.22. The number of nitrogens with zero attached hydrogens (tertiary/aromatic N) is 2. The fourth-order valence-corrected chi connectivity index (χ4v) is 1.59. The third-order valence-electron chi connectivity index (χ3n) is 2.25. The van der Waals surface area contributed by atoms with E-state index in [9.17, 15) is 0 Å². The van der Waals surface area contributed by atoms with Crippen molar-refractivity contribution < 1.29 is 4.52 Å². The highest BCUT2D eigenvalue weighted by Gasteiger charge is 2.09. The number of anilines is 1. The highest BCUT2D eigenvalue weighted by molar-refractivity contribution is 5.90. The summed E-state index contributed by atoms with van der Waals surface area (Å²) in [5.41, 5.74) is 8.92. The summed E-state index contributed by atoms with van der Waals surface area (Å²) in [5, 5.41) is 3.86. The van der Waals surface area contributed by atoms with Crippen molar-refractivity contribution in [2.45, 2.75) is 0 Å². The van der Waals surface area contributed by atoms with E-state index in [1.54, 1.807) is 12.4 Å². The number of nitrogens with two attached hydrogens (primary N) is 1. The molecule has 0 bridgehead atoms. The summed E-state index contributed by atoms with van der Waals surface area (Å²) < 4.78 is 4.83.